The van der Waals surface area contributed by atoms with E-state index in [0.717, 1.165) is 0 Å². The molecular formula is C25H29NO7. The number of aliphatic hydroxyl groups is 1. The highest BCUT2D eigenvalue weighted by Crippen LogP contribution is 2.44. The molecule has 8 heteroatoms. The molecule has 1 atom stereocenters. The third kappa shape index (κ3) is 4.66. The molecular weight excluding hydrogens is 426 g/mol. The molecule has 8 nitrogen and oxygen atoms in total. The fraction of sp³-hybridized carbons (Fsp3) is 0.360. The lowest BCUT2D eigenvalue weighted by Gasteiger charge is -2.27. The molecule has 2 aromatic rings. The molecule has 0 aliphatic carbocycles. The summed E-state index contributed by atoms with van der Waals surface area (Å²) >= 11 is 0. The molecule has 0 bridgehead atoms. The molecule has 176 valence electrons. The largest absolute Gasteiger partial charge is 0.507 e. The van der Waals surface area contributed by atoms with Crippen molar-refractivity contribution in [1.29, 1.82) is 0 Å². The second kappa shape index (κ2) is 10.4. The third-order valence-corrected chi connectivity index (χ3v) is 5.71. The van der Waals surface area contributed by atoms with Crippen LogP contribution in [-0.2, 0) is 14.3 Å². The van der Waals surface area contributed by atoms with Crippen LogP contribution in [0.3, 0.4) is 0 Å². The Bertz CT molecular complexity index is 1080. The van der Waals surface area contributed by atoms with Gasteiger partial charge in [0.15, 0.2) is 0 Å². The Morgan fingerprint density at radius 2 is 1.64 bits per heavy atom. The topological polar surface area (TPSA) is 94.5 Å². The second-order valence-corrected chi connectivity index (χ2v) is 7.63. The van der Waals surface area contributed by atoms with Crippen LogP contribution in [0.1, 0.15) is 29.2 Å². The minimum atomic E-state index is -0.853. The van der Waals surface area contributed by atoms with Crippen LogP contribution in [0.15, 0.2) is 42.0 Å². The van der Waals surface area contributed by atoms with Crippen LogP contribution in [0, 0.1) is 6.92 Å². The summed E-state index contributed by atoms with van der Waals surface area (Å²) in [4.78, 5) is 27.7. The molecule has 0 aromatic heterocycles. The Balaban J connectivity index is 2.23. The first kappa shape index (κ1) is 24.1. The normalized spacial score (nSPS) is 17.4. The van der Waals surface area contributed by atoms with Crippen LogP contribution in [-0.4, -0.2) is 63.3 Å². The molecule has 0 radical (unpaired) electrons. The molecule has 3 rings (SSSR count). The van der Waals surface area contributed by atoms with Crippen LogP contribution < -0.4 is 14.2 Å². The van der Waals surface area contributed by atoms with Gasteiger partial charge in [-0.2, -0.15) is 0 Å². The Kier molecular flexibility index (Phi) is 7.60. The Hall–Kier alpha value is -3.52. The van der Waals surface area contributed by atoms with E-state index >= 15 is 0 Å². The van der Waals surface area contributed by atoms with Crippen molar-refractivity contribution in [1.82, 2.24) is 4.90 Å². The van der Waals surface area contributed by atoms with Gasteiger partial charge >= 0.3 is 0 Å². The number of methoxy groups -OCH3 is 4. The zero-order valence-corrected chi connectivity index (χ0v) is 19.5. The molecule has 1 amide bonds. The number of aryl methyl sites for hydroxylation is 1. The second-order valence-electron chi connectivity index (χ2n) is 7.63. The number of Topliss-reactive ketones (excluding diaryl/α,β-unsaturated/α-hetero) is 1. The fourth-order valence-electron chi connectivity index (χ4n) is 4.04. The van der Waals surface area contributed by atoms with Gasteiger partial charge in [0.1, 0.15) is 23.0 Å². The van der Waals surface area contributed by atoms with E-state index in [1.165, 1.54) is 19.1 Å². The van der Waals surface area contributed by atoms with Crippen LogP contribution >= 0.6 is 0 Å². The number of hydrogen-bond acceptors (Lipinski definition) is 7. The molecule has 1 N–H and O–H groups in total. The van der Waals surface area contributed by atoms with E-state index in [0.29, 0.717) is 47.0 Å². The van der Waals surface area contributed by atoms with Crippen LogP contribution in [0.2, 0.25) is 0 Å². The maximum Gasteiger partial charge on any atom is 0.295 e. The number of rotatable bonds is 9. The highest BCUT2D eigenvalue weighted by Gasteiger charge is 2.47. The van der Waals surface area contributed by atoms with Crippen molar-refractivity contribution in [3.63, 3.8) is 0 Å². The van der Waals surface area contributed by atoms with E-state index in [1.807, 2.05) is 0 Å². The molecule has 0 spiro atoms. The number of benzene rings is 2. The summed E-state index contributed by atoms with van der Waals surface area (Å²) in [6, 6.07) is 9.42. The molecule has 0 saturated carbocycles. The lowest BCUT2D eigenvalue weighted by atomic mass is 9.93. The quantitative estimate of drug-likeness (QED) is 0.268. The minimum Gasteiger partial charge on any atom is -0.507 e. The zero-order valence-electron chi connectivity index (χ0n) is 19.5. The predicted molar refractivity (Wildman–Crippen MR) is 123 cm³/mol. The van der Waals surface area contributed by atoms with Gasteiger partial charge in [-0.05, 0) is 55.3 Å². The van der Waals surface area contributed by atoms with Gasteiger partial charge in [0, 0.05) is 31.4 Å². The number of nitrogens with zero attached hydrogens (tertiary/aromatic N) is 1. The van der Waals surface area contributed by atoms with Crippen LogP contribution in [0.4, 0.5) is 0 Å². The maximum atomic E-state index is 13.2. The molecule has 33 heavy (non-hydrogen) atoms. The van der Waals surface area contributed by atoms with E-state index in [2.05, 4.69) is 0 Å². The monoisotopic (exact) mass is 455 g/mol. The molecule has 0 unspecified atom stereocenters. The van der Waals surface area contributed by atoms with Crippen molar-refractivity contribution in [3.8, 4) is 17.2 Å². The molecule has 2 aromatic carbocycles. The predicted octanol–water partition coefficient (Wildman–Crippen LogP) is 3.48. The molecule has 1 aliphatic rings. The summed E-state index contributed by atoms with van der Waals surface area (Å²) in [5, 5.41) is 11.3. The van der Waals surface area contributed by atoms with Crippen LogP contribution in [0.25, 0.3) is 5.76 Å². The number of likely N-dealkylation sites (tertiary alicyclic amines) is 1. The van der Waals surface area contributed by atoms with Crippen molar-refractivity contribution in [2.75, 3.05) is 41.6 Å². The van der Waals surface area contributed by atoms with Gasteiger partial charge in [-0.25, -0.2) is 0 Å². The van der Waals surface area contributed by atoms with Gasteiger partial charge in [0.05, 0.1) is 32.9 Å². The molecule has 1 aliphatic heterocycles. The van der Waals surface area contributed by atoms with E-state index in [1.54, 1.807) is 57.5 Å². The lowest BCUT2D eigenvalue weighted by molar-refractivity contribution is -0.140. The average Bonchev–Trinajstić information content (AvgIpc) is 3.08. The van der Waals surface area contributed by atoms with Crippen molar-refractivity contribution in [2.24, 2.45) is 0 Å². The molecule has 1 fully saturated rings. The smallest absolute Gasteiger partial charge is 0.295 e. The van der Waals surface area contributed by atoms with Crippen molar-refractivity contribution in [3.05, 3.63) is 58.7 Å². The summed E-state index contributed by atoms with van der Waals surface area (Å²) in [5.41, 5.74) is 1.68. The van der Waals surface area contributed by atoms with Crippen molar-refractivity contribution in [2.45, 2.75) is 19.4 Å². The van der Waals surface area contributed by atoms with E-state index < -0.39 is 17.7 Å². The third-order valence-electron chi connectivity index (χ3n) is 5.71. The Labute approximate surface area is 193 Å². The Morgan fingerprint density at radius 3 is 2.24 bits per heavy atom. The van der Waals surface area contributed by atoms with E-state index in [-0.39, 0.29) is 17.9 Å². The molecule has 1 heterocycles. The SMILES string of the molecule is COCCCN1C(=O)C(=O)C(=C(O)c2ccc(OC)cc2C)[C@@H]1c1cc(OC)ccc1OC. The number of amides is 1. The van der Waals surface area contributed by atoms with Gasteiger partial charge in [-0.1, -0.05) is 0 Å². The Morgan fingerprint density at radius 1 is 0.970 bits per heavy atom. The maximum absolute atomic E-state index is 13.2. The first-order chi connectivity index (χ1) is 15.9. The lowest BCUT2D eigenvalue weighted by Crippen LogP contribution is -2.31. The van der Waals surface area contributed by atoms with Gasteiger partial charge in [-0.15, -0.1) is 0 Å². The van der Waals surface area contributed by atoms with Gasteiger partial charge < -0.3 is 29.0 Å². The van der Waals surface area contributed by atoms with Gasteiger partial charge in [-0.3, -0.25) is 9.59 Å². The number of ether oxygens (including phenoxy) is 4. The summed E-state index contributed by atoms with van der Waals surface area (Å²) in [7, 11) is 6.16. The number of ketones is 1. The van der Waals surface area contributed by atoms with E-state index in [9.17, 15) is 14.7 Å². The number of hydrogen-bond donors (Lipinski definition) is 1. The van der Waals surface area contributed by atoms with Gasteiger partial charge in [0.25, 0.3) is 11.7 Å². The highest BCUT2D eigenvalue weighted by atomic mass is 16.5. The van der Waals surface area contributed by atoms with E-state index in [4.69, 9.17) is 18.9 Å². The number of carbonyl (C=O) groups excluding carboxylic acids is 2. The first-order valence-corrected chi connectivity index (χ1v) is 10.5. The summed E-state index contributed by atoms with van der Waals surface area (Å²) in [5.74, 6) is -0.0675. The average molecular weight is 456 g/mol. The summed E-state index contributed by atoms with van der Waals surface area (Å²) in [6.45, 7) is 2.48. The fourth-order valence-corrected chi connectivity index (χ4v) is 4.04. The summed E-state index contributed by atoms with van der Waals surface area (Å²) < 4.78 is 21.3. The van der Waals surface area contributed by atoms with Crippen molar-refractivity contribution >= 4 is 17.4 Å². The number of carbonyl (C=O) groups is 2. The zero-order chi connectivity index (χ0) is 24.1. The van der Waals surface area contributed by atoms with Crippen molar-refractivity contribution < 1.29 is 33.6 Å². The molecule has 1 saturated heterocycles. The summed E-state index contributed by atoms with van der Waals surface area (Å²) in [6.07, 6.45) is 0.522. The van der Waals surface area contributed by atoms with Crippen LogP contribution in [0.5, 0.6) is 17.2 Å². The van der Waals surface area contributed by atoms with Gasteiger partial charge in [0.2, 0.25) is 0 Å². The standard InChI is InChI=1S/C25H29NO7/c1-15-13-16(31-3)7-9-18(15)23(27)21-22(19-14-17(32-4)8-10-20(19)33-5)26(11-6-12-30-2)25(29)24(21)28/h7-10,13-14,22,27H,6,11-12H2,1-5H3/t22-/m0/s1. The first-order valence-electron chi connectivity index (χ1n) is 10.5. The number of aliphatic hydroxyl groups excluding tert-OH is 1. The minimum absolute atomic E-state index is 0.00256. The highest BCUT2D eigenvalue weighted by molar-refractivity contribution is 6.46.